The van der Waals surface area contributed by atoms with E-state index in [1.54, 1.807) is 5.41 Å². The number of β-lactam (4-membered cyclic amide) rings is 1. The monoisotopic (exact) mass is 526 g/mol. The summed E-state index contributed by atoms with van der Waals surface area (Å²) >= 11 is 1.22. The molecule has 0 aromatic heterocycles. The number of nitrogens with zero attached hydrogens (tertiary/aromatic N) is 3. The number of hydrogen-bond donors (Lipinski definition) is 4. The molecule has 1 saturated heterocycles. The van der Waals surface area contributed by atoms with E-state index >= 15 is 0 Å². The number of benzene rings is 1. The van der Waals surface area contributed by atoms with Crippen LogP contribution < -0.4 is 21.1 Å². The Bertz CT molecular complexity index is 1170. The summed E-state index contributed by atoms with van der Waals surface area (Å²) in [6.45, 7) is 1.74. The minimum atomic E-state index is -4.66. The average molecular weight is 527 g/mol. The second-order valence-corrected chi connectivity index (χ2v) is 10.5. The topological polar surface area (TPSA) is 176 Å². The van der Waals surface area contributed by atoms with Crippen molar-refractivity contribution in [3.63, 3.8) is 0 Å². The Morgan fingerprint density at radius 2 is 2.17 bits per heavy atom. The van der Waals surface area contributed by atoms with Gasteiger partial charge in [-0.25, -0.2) is 4.31 Å². The van der Waals surface area contributed by atoms with Gasteiger partial charge in [0.2, 0.25) is 0 Å². The highest BCUT2D eigenvalue weighted by Gasteiger charge is 2.45. The Morgan fingerprint density at radius 1 is 1.37 bits per heavy atom. The molecule has 0 radical (unpaired) electrons. The molecule has 2 amide bonds. The van der Waals surface area contributed by atoms with Crippen LogP contribution in [0.5, 0.6) is 5.75 Å². The van der Waals surface area contributed by atoms with Gasteiger partial charge in [0.25, 0.3) is 11.8 Å². The smallest absolute Gasteiger partial charge is 0.362 e. The van der Waals surface area contributed by atoms with E-state index in [2.05, 4.69) is 27.7 Å². The number of ether oxygens (including phenoxy) is 1. The summed E-state index contributed by atoms with van der Waals surface area (Å²) in [4.78, 5) is 32.2. The molecule has 3 heterocycles. The normalized spacial score (nSPS) is 22.6. The van der Waals surface area contributed by atoms with E-state index in [-0.39, 0.29) is 29.8 Å². The van der Waals surface area contributed by atoms with Crippen LogP contribution in [0.2, 0.25) is 0 Å². The van der Waals surface area contributed by atoms with E-state index in [1.165, 1.54) is 22.9 Å². The first kappa shape index (κ1) is 25.2. The van der Waals surface area contributed by atoms with Crippen LogP contribution >= 0.6 is 11.8 Å². The highest BCUT2D eigenvalue weighted by molar-refractivity contribution is 8.02. The molecule has 2 unspecified atom stereocenters. The number of nitrogens with two attached hydrogens (primary N) is 1. The van der Waals surface area contributed by atoms with Gasteiger partial charge >= 0.3 is 10.3 Å². The molecule has 1 aromatic carbocycles. The molecule has 3 aliphatic rings. The first-order valence-corrected chi connectivity index (χ1v) is 13.1. The zero-order valence-electron chi connectivity index (χ0n) is 18.8. The van der Waals surface area contributed by atoms with Gasteiger partial charge in [-0.3, -0.25) is 14.1 Å². The summed E-state index contributed by atoms with van der Waals surface area (Å²) in [6, 6.07) is 4.84. The summed E-state index contributed by atoms with van der Waals surface area (Å²) in [5.74, 6) is -1.01. The molecule has 1 aromatic rings. The Hall–Kier alpha value is -2.85. The lowest BCUT2D eigenvalue weighted by molar-refractivity contribution is -0.139. The van der Waals surface area contributed by atoms with Crippen molar-refractivity contribution in [1.29, 1.82) is 0 Å². The molecule has 35 heavy (non-hydrogen) atoms. The fourth-order valence-electron chi connectivity index (χ4n) is 3.70. The molecule has 13 nitrogen and oxygen atoms in total. The number of fused-ring (bicyclic) bond motifs is 1. The van der Waals surface area contributed by atoms with Gasteiger partial charge in [-0.1, -0.05) is 23.0 Å². The lowest BCUT2D eigenvalue weighted by Gasteiger charge is -2.35. The fraction of sp³-hybridized carbons (Fsp3) is 0.450. The van der Waals surface area contributed by atoms with E-state index in [0.29, 0.717) is 11.4 Å². The minimum absolute atomic E-state index is 0.0436. The summed E-state index contributed by atoms with van der Waals surface area (Å²) in [5.41, 5.74) is 7.95. The van der Waals surface area contributed by atoms with Gasteiger partial charge in [-0.05, 0) is 36.7 Å². The number of rotatable bonds is 9. The standard InChI is InChI=1S/C20H26N6O7S2/c1-25-5-4-12-8-14(3-2-13(12)9-25)32-6-7-33-24-17(16-11-34-20(21)23-16)18(27)22-15-10-26(19(15)28)35(29,30)31/h2-3,8,11,15,20,23H,4-7,9-10,21H2,1H3,(H,22,27)(H,29,30,31)/b24-17-. The van der Waals surface area contributed by atoms with Crippen molar-refractivity contribution >= 4 is 39.6 Å². The summed E-state index contributed by atoms with van der Waals surface area (Å²) in [6.07, 6.45) is 0.954. The van der Waals surface area contributed by atoms with Gasteiger partial charge < -0.3 is 30.8 Å². The zero-order chi connectivity index (χ0) is 25.2. The minimum Gasteiger partial charge on any atom is -0.490 e. The van der Waals surface area contributed by atoms with Crippen LogP contribution in [0.4, 0.5) is 0 Å². The number of carbonyl (C=O) groups is 2. The van der Waals surface area contributed by atoms with E-state index in [9.17, 15) is 18.0 Å². The van der Waals surface area contributed by atoms with Gasteiger partial charge in [0.15, 0.2) is 12.3 Å². The van der Waals surface area contributed by atoms with Crippen LogP contribution in [0, 0.1) is 0 Å². The summed E-state index contributed by atoms with van der Waals surface area (Å²) in [5, 5.41) is 10.7. The fourth-order valence-corrected chi connectivity index (χ4v) is 5.05. The number of nitrogens with one attached hydrogen (secondary N) is 2. The largest absolute Gasteiger partial charge is 0.490 e. The molecule has 5 N–H and O–H groups in total. The molecule has 3 aliphatic heterocycles. The van der Waals surface area contributed by atoms with E-state index in [4.69, 9.17) is 19.9 Å². The lowest BCUT2D eigenvalue weighted by Crippen LogP contribution is -2.65. The molecule has 0 spiro atoms. The van der Waals surface area contributed by atoms with Crippen molar-refractivity contribution in [3.05, 3.63) is 40.4 Å². The predicted molar refractivity (Wildman–Crippen MR) is 127 cm³/mol. The average Bonchev–Trinajstić information content (AvgIpc) is 3.23. The molecule has 190 valence electrons. The van der Waals surface area contributed by atoms with Crippen LogP contribution in [0.1, 0.15) is 11.1 Å². The maximum atomic E-state index is 12.7. The first-order valence-electron chi connectivity index (χ1n) is 10.7. The second-order valence-electron chi connectivity index (χ2n) is 8.15. The van der Waals surface area contributed by atoms with Crippen LogP contribution in [0.3, 0.4) is 0 Å². The third kappa shape index (κ3) is 6.05. The van der Waals surface area contributed by atoms with Gasteiger partial charge in [-0.2, -0.15) is 8.42 Å². The third-order valence-corrected chi connectivity index (χ3v) is 7.23. The number of thioether (sulfide) groups is 1. The molecular formula is C20H26N6O7S2. The summed E-state index contributed by atoms with van der Waals surface area (Å²) in [7, 11) is -2.58. The highest BCUT2D eigenvalue weighted by Crippen LogP contribution is 2.23. The third-order valence-electron chi connectivity index (χ3n) is 5.56. The Morgan fingerprint density at radius 3 is 2.86 bits per heavy atom. The second kappa shape index (κ2) is 10.4. The van der Waals surface area contributed by atoms with E-state index in [0.717, 1.165) is 19.5 Å². The Labute approximate surface area is 206 Å². The van der Waals surface area contributed by atoms with Gasteiger partial charge in [-0.15, -0.1) is 0 Å². The highest BCUT2D eigenvalue weighted by atomic mass is 32.2. The van der Waals surface area contributed by atoms with Crippen molar-refractivity contribution < 1.29 is 32.1 Å². The molecular weight excluding hydrogens is 500 g/mol. The van der Waals surface area contributed by atoms with Crippen molar-refractivity contribution in [2.45, 2.75) is 24.5 Å². The SMILES string of the molecule is CN1CCc2cc(OCCO/N=C(\C(=O)NC3CN(S(=O)(=O)O)C3=O)C3=CSC(N)N3)ccc2C1. The van der Waals surface area contributed by atoms with E-state index in [1.807, 2.05) is 18.2 Å². The zero-order valence-corrected chi connectivity index (χ0v) is 20.5. The van der Waals surface area contributed by atoms with Crippen LogP contribution in [-0.2, 0) is 37.7 Å². The molecule has 1 fully saturated rings. The first-order chi connectivity index (χ1) is 16.6. The lowest BCUT2D eigenvalue weighted by atomic mass is 10.00. The van der Waals surface area contributed by atoms with Crippen LogP contribution in [0.25, 0.3) is 0 Å². The number of hydrogen-bond acceptors (Lipinski definition) is 11. The maximum Gasteiger partial charge on any atom is 0.362 e. The molecule has 0 bridgehead atoms. The molecule has 4 rings (SSSR count). The van der Waals surface area contributed by atoms with Crippen molar-refractivity contribution in [1.82, 2.24) is 19.8 Å². The Kier molecular flexibility index (Phi) is 7.51. The molecule has 0 aliphatic carbocycles. The predicted octanol–water partition coefficient (Wildman–Crippen LogP) is -1.02. The van der Waals surface area contributed by atoms with Gasteiger partial charge in [0.1, 0.15) is 23.9 Å². The maximum absolute atomic E-state index is 12.7. The van der Waals surface area contributed by atoms with Crippen molar-refractivity contribution in [2.75, 3.05) is 33.4 Å². The molecule has 0 saturated carbocycles. The van der Waals surface area contributed by atoms with Crippen molar-refractivity contribution in [2.24, 2.45) is 10.9 Å². The number of amides is 2. The number of oxime groups is 1. The molecule has 15 heteroatoms. The van der Waals surface area contributed by atoms with Crippen LogP contribution in [-0.4, -0.2) is 84.6 Å². The van der Waals surface area contributed by atoms with Crippen LogP contribution in [0.15, 0.2) is 34.5 Å². The quantitative estimate of drug-likeness (QED) is 0.102. The number of likely N-dealkylation sites (N-methyl/N-ethyl adjacent to an activating group) is 1. The van der Waals surface area contributed by atoms with Gasteiger partial charge in [0.05, 0.1) is 12.2 Å². The van der Waals surface area contributed by atoms with Gasteiger partial charge in [0, 0.05) is 18.5 Å². The number of carbonyl (C=O) groups excluding carboxylic acids is 2. The molecule has 2 atom stereocenters. The van der Waals surface area contributed by atoms with Crippen molar-refractivity contribution in [3.8, 4) is 5.75 Å². The van der Waals surface area contributed by atoms with E-state index < -0.39 is 33.7 Å². The summed E-state index contributed by atoms with van der Waals surface area (Å²) < 4.78 is 37.1. The Balaban J connectivity index is 1.32.